The van der Waals surface area contributed by atoms with Crippen LogP contribution in [-0.4, -0.2) is 19.2 Å². The Kier molecular flexibility index (Phi) is 4.08. The van der Waals surface area contributed by atoms with E-state index in [1.165, 1.54) is 6.42 Å². The number of rotatable bonds is 2. The SMILES string of the molecule is CC1CNCCCC1Oc1ccc(Cl)cc1. The fourth-order valence-electron chi connectivity index (χ4n) is 2.04. The lowest BCUT2D eigenvalue weighted by atomic mass is 10.0. The van der Waals surface area contributed by atoms with Gasteiger partial charge in [0.1, 0.15) is 11.9 Å². The number of hydrogen-bond donors (Lipinski definition) is 1. The van der Waals surface area contributed by atoms with E-state index < -0.39 is 0 Å². The first kappa shape index (κ1) is 11.7. The maximum absolute atomic E-state index is 6.00. The van der Waals surface area contributed by atoms with Crippen molar-refractivity contribution < 1.29 is 4.74 Å². The molecule has 2 nitrogen and oxygen atoms in total. The third-order valence-electron chi connectivity index (χ3n) is 3.04. The largest absolute Gasteiger partial charge is 0.490 e. The van der Waals surface area contributed by atoms with Crippen LogP contribution in [0.15, 0.2) is 24.3 Å². The topological polar surface area (TPSA) is 21.3 Å². The van der Waals surface area contributed by atoms with Crippen molar-refractivity contribution in [3.8, 4) is 5.75 Å². The van der Waals surface area contributed by atoms with E-state index in [2.05, 4.69) is 12.2 Å². The van der Waals surface area contributed by atoms with Crippen LogP contribution in [0.4, 0.5) is 0 Å². The third-order valence-corrected chi connectivity index (χ3v) is 3.30. The van der Waals surface area contributed by atoms with E-state index in [-0.39, 0.29) is 0 Å². The molecule has 1 heterocycles. The zero-order valence-corrected chi connectivity index (χ0v) is 10.3. The van der Waals surface area contributed by atoms with Crippen molar-refractivity contribution in [2.75, 3.05) is 13.1 Å². The van der Waals surface area contributed by atoms with Gasteiger partial charge in [0.2, 0.25) is 0 Å². The Morgan fingerprint density at radius 1 is 1.31 bits per heavy atom. The molecule has 0 saturated carbocycles. The lowest BCUT2D eigenvalue weighted by molar-refractivity contribution is 0.141. The molecule has 1 aromatic carbocycles. The number of ether oxygens (including phenoxy) is 1. The normalized spacial score (nSPS) is 26.1. The van der Waals surface area contributed by atoms with Crippen molar-refractivity contribution in [1.82, 2.24) is 5.32 Å². The van der Waals surface area contributed by atoms with Gasteiger partial charge >= 0.3 is 0 Å². The Morgan fingerprint density at radius 2 is 2.06 bits per heavy atom. The quantitative estimate of drug-likeness (QED) is 0.856. The third kappa shape index (κ3) is 3.13. The van der Waals surface area contributed by atoms with Crippen LogP contribution in [0.5, 0.6) is 5.75 Å². The summed E-state index contributed by atoms with van der Waals surface area (Å²) in [5, 5.41) is 4.17. The molecule has 3 heteroatoms. The van der Waals surface area contributed by atoms with Crippen molar-refractivity contribution in [3.63, 3.8) is 0 Å². The Morgan fingerprint density at radius 3 is 2.81 bits per heavy atom. The fraction of sp³-hybridized carbons (Fsp3) is 0.538. The molecule has 0 bridgehead atoms. The molecule has 1 fully saturated rings. The minimum absolute atomic E-state index is 0.316. The van der Waals surface area contributed by atoms with E-state index in [4.69, 9.17) is 16.3 Å². The first-order chi connectivity index (χ1) is 7.75. The smallest absolute Gasteiger partial charge is 0.119 e. The lowest BCUT2D eigenvalue weighted by Gasteiger charge is -2.22. The predicted octanol–water partition coefficient (Wildman–Crippen LogP) is 3.11. The van der Waals surface area contributed by atoms with Crippen molar-refractivity contribution in [3.05, 3.63) is 29.3 Å². The van der Waals surface area contributed by atoms with Crippen molar-refractivity contribution in [2.24, 2.45) is 5.92 Å². The molecule has 0 aromatic heterocycles. The second-order valence-electron chi connectivity index (χ2n) is 4.43. The van der Waals surface area contributed by atoms with Gasteiger partial charge < -0.3 is 10.1 Å². The summed E-state index contributed by atoms with van der Waals surface area (Å²) in [5.41, 5.74) is 0. The Bertz CT molecular complexity index is 325. The summed E-state index contributed by atoms with van der Waals surface area (Å²) in [4.78, 5) is 0. The summed E-state index contributed by atoms with van der Waals surface area (Å²) >= 11 is 5.84. The molecule has 2 unspecified atom stereocenters. The molecule has 1 saturated heterocycles. The van der Waals surface area contributed by atoms with E-state index in [1.54, 1.807) is 0 Å². The second kappa shape index (κ2) is 5.55. The van der Waals surface area contributed by atoms with Gasteiger partial charge in [0.05, 0.1) is 0 Å². The number of nitrogens with one attached hydrogen (secondary N) is 1. The van der Waals surface area contributed by atoms with Gasteiger partial charge in [0, 0.05) is 17.5 Å². The highest BCUT2D eigenvalue weighted by Gasteiger charge is 2.21. The van der Waals surface area contributed by atoms with Gasteiger partial charge in [-0.15, -0.1) is 0 Å². The molecule has 16 heavy (non-hydrogen) atoms. The molecule has 88 valence electrons. The maximum Gasteiger partial charge on any atom is 0.119 e. The Balaban J connectivity index is 1.99. The van der Waals surface area contributed by atoms with Gasteiger partial charge in [-0.25, -0.2) is 0 Å². The second-order valence-corrected chi connectivity index (χ2v) is 4.87. The molecule has 0 spiro atoms. The van der Waals surface area contributed by atoms with E-state index in [0.717, 1.165) is 30.3 Å². The van der Waals surface area contributed by atoms with Gasteiger partial charge in [-0.2, -0.15) is 0 Å². The molecule has 1 aliphatic heterocycles. The molecular formula is C13H18ClNO. The summed E-state index contributed by atoms with van der Waals surface area (Å²) in [7, 11) is 0. The van der Waals surface area contributed by atoms with Gasteiger partial charge in [0.25, 0.3) is 0 Å². The molecule has 1 aromatic rings. The van der Waals surface area contributed by atoms with Gasteiger partial charge in [-0.1, -0.05) is 18.5 Å². The van der Waals surface area contributed by atoms with Crippen LogP contribution < -0.4 is 10.1 Å². The molecule has 2 atom stereocenters. The van der Waals surface area contributed by atoms with Crippen LogP contribution in [0.1, 0.15) is 19.8 Å². The molecule has 1 N–H and O–H groups in total. The van der Waals surface area contributed by atoms with Crippen LogP contribution in [0.3, 0.4) is 0 Å². The summed E-state index contributed by atoms with van der Waals surface area (Å²) < 4.78 is 6.00. The summed E-state index contributed by atoms with van der Waals surface area (Å²) in [6, 6.07) is 7.62. The molecule has 0 amide bonds. The average Bonchev–Trinajstić information content (AvgIpc) is 2.48. The highest BCUT2D eigenvalue weighted by molar-refractivity contribution is 6.30. The molecule has 0 aliphatic carbocycles. The van der Waals surface area contributed by atoms with E-state index in [0.29, 0.717) is 12.0 Å². The highest BCUT2D eigenvalue weighted by Crippen LogP contribution is 2.22. The number of benzene rings is 1. The standard InChI is InChI=1S/C13H18ClNO/c1-10-9-15-8-2-3-13(10)16-12-6-4-11(14)5-7-12/h4-7,10,13,15H,2-3,8-9H2,1H3. The first-order valence-electron chi connectivity index (χ1n) is 5.88. The minimum atomic E-state index is 0.316. The van der Waals surface area contributed by atoms with E-state index in [1.807, 2.05) is 24.3 Å². The highest BCUT2D eigenvalue weighted by atomic mass is 35.5. The van der Waals surface area contributed by atoms with E-state index in [9.17, 15) is 0 Å². The Hall–Kier alpha value is -0.730. The van der Waals surface area contributed by atoms with Crippen molar-refractivity contribution >= 4 is 11.6 Å². The zero-order chi connectivity index (χ0) is 11.4. The van der Waals surface area contributed by atoms with Crippen molar-refractivity contribution in [1.29, 1.82) is 0 Å². The summed E-state index contributed by atoms with van der Waals surface area (Å²) in [6.45, 7) is 4.38. The van der Waals surface area contributed by atoms with Crippen LogP contribution >= 0.6 is 11.6 Å². The van der Waals surface area contributed by atoms with Gasteiger partial charge in [-0.05, 0) is 43.7 Å². The summed E-state index contributed by atoms with van der Waals surface area (Å²) in [5.74, 6) is 1.47. The van der Waals surface area contributed by atoms with E-state index >= 15 is 0 Å². The molecule has 2 rings (SSSR count). The number of halogens is 1. The zero-order valence-electron chi connectivity index (χ0n) is 9.58. The van der Waals surface area contributed by atoms with Crippen molar-refractivity contribution in [2.45, 2.75) is 25.9 Å². The monoisotopic (exact) mass is 239 g/mol. The first-order valence-corrected chi connectivity index (χ1v) is 6.26. The number of hydrogen-bond acceptors (Lipinski definition) is 2. The minimum Gasteiger partial charge on any atom is -0.490 e. The van der Waals surface area contributed by atoms with Gasteiger partial charge in [0.15, 0.2) is 0 Å². The molecule has 0 radical (unpaired) electrons. The predicted molar refractivity (Wildman–Crippen MR) is 67.1 cm³/mol. The molecular weight excluding hydrogens is 222 g/mol. The Labute approximate surface area is 102 Å². The van der Waals surface area contributed by atoms with Crippen LogP contribution in [0, 0.1) is 5.92 Å². The van der Waals surface area contributed by atoms with Crippen LogP contribution in [-0.2, 0) is 0 Å². The fourth-order valence-corrected chi connectivity index (χ4v) is 2.16. The van der Waals surface area contributed by atoms with Crippen LogP contribution in [0.2, 0.25) is 5.02 Å². The molecule has 1 aliphatic rings. The van der Waals surface area contributed by atoms with Crippen LogP contribution in [0.25, 0.3) is 0 Å². The lowest BCUT2D eigenvalue weighted by Crippen LogP contribution is -2.29. The van der Waals surface area contributed by atoms with Gasteiger partial charge in [-0.3, -0.25) is 0 Å². The summed E-state index contributed by atoms with van der Waals surface area (Å²) in [6.07, 6.45) is 2.62. The average molecular weight is 240 g/mol. The maximum atomic E-state index is 6.00.